The monoisotopic (exact) mass is 391 g/mol. The fourth-order valence-electron chi connectivity index (χ4n) is 2.80. The van der Waals surface area contributed by atoms with Crippen molar-refractivity contribution in [3.05, 3.63) is 77.3 Å². The van der Waals surface area contributed by atoms with Crippen molar-refractivity contribution in [2.75, 3.05) is 24.3 Å². The summed E-state index contributed by atoms with van der Waals surface area (Å²) in [6, 6.07) is 20.2. The van der Waals surface area contributed by atoms with Crippen molar-refractivity contribution >= 4 is 39.9 Å². The van der Waals surface area contributed by atoms with E-state index >= 15 is 0 Å². The molecule has 0 spiro atoms. The number of fused-ring (bicyclic) bond motifs is 1. The van der Waals surface area contributed by atoms with Crippen molar-refractivity contribution in [1.82, 2.24) is 15.0 Å². The minimum atomic E-state index is -0.206. The van der Waals surface area contributed by atoms with E-state index in [-0.39, 0.29) is 5.91 Å². The van der Waals surface area contributed by atoms with E-state index in [2.05, 4.69) is 15.5 Å². The third-order valence-electron chi connectivity index (χ3n) is 4.34. The minimum absolute atomic E-state index is 0.206. The second-order valence-electron chi connectivity index (χ2n) is 6.56. The number of carbonyl (C=O) groups excluding carboxylic acids is 1. The van der Waals surface area contributed by atoms with Gasteiger partial charge in [0.05, 0.1) is 5.69 Å². The average Bonchev–Trinajstić information content (AvgIpc) is 3.12. The second kappa shape index (κ2) is 7.32. The van der Waals surface area contributed by atoms with Crippen molar-refractivity contribution < 1.29 is 4.79 Å². The molecule has 0 bridgehead atoms. The average molecular weight is 392 g/mol. The molecule has 4 rings (SSSR count). The maximum absolute atomic E-state index is 12.4. The summed E-state index contributed by atoms with van der Waals surface area (Å²) < 4.78 is 0. The summed E-state index contributed by atoms with van der Waals surface area (Å²) in [6.45, 7) is 0. The molecule has 0 aliphatic rings. The zero-order valence-electron chi connectivity index (χ0n) is 15.4. The van der Waals surface area contributed by atoms with Crippen molar-refractivity contribution in [3.8, 4) is 5.69 Å². The maximum atomic E-state index is 12.4. The molecule has 1 aromatic heterocycles. The van der Waals surface area contributed by atoms with Gasteiger partial charge in [-0.1, -0.05) is 11.6 Å². The Bertz CT molecular complexity index is 1130. The molecular formula is C21H18ClN5O. The molecule has 1 amide bonds. The number of aromatic nitrogens is 3. The first-order valence-corrected chi connectivity index (χ1v) is 9.09. The summed E-state index contributed by atoms with van der Waals surface area (Å²) in [4.78, 5) is 16.0. The second-order valence-corrected chi connectivity index (χ2v) is 7.00. The highest BCUT2D eigenvalue weighted by atomic mass is 35.5. The number of anilines is 2. The fraction of sp³-hybridized carbons (Fsp3) is 0.0952. The van der Waals surface area contributed by atoms with Crippen LogP contribution in [0.3, 0.4) is 0 Å². The number of carbonyl (C=O) groups is 1. The number of nitrogens with one attached hydrogen (secondary N) is 1. The van der Waals surface area contributed by atoms with Gasteiger partial charge in [0.25, 0.3) is 5.91 Å². The predicted molar refractivity (Wildman–Crippen MR) is 113 cm³/mol. The van der Waals surface area contributed by atoms with Gasteiger partial charge in [0.2, 0.25) is 0 Å². The highest BCUT2D eigenvalue weighted by molar-refractivity contribution is 6.30. The van der Waals surface area contributed by atoms with E-state index in [9.17, 15) is 4.79 Å². The molecule has 28 heavy (non-hydrogen) atoms. The molecule has 0 saturated carbocycles. The van der Waals surface area contributed by atoms with E-state index < -0.39 is 0 Å². The Morgan fingerprint density at radius 1 is 0.929 bits per heavy atom. The SMILES string of the molecule is CN(C)c1ccc(-n2nc3ccc(NC(=O)c4ccc(Cl)cc4)cc3n2)cc1. The molecule has 1 heterocycles. The third kappa shape index (κ3) is 3.68. The van der Waals surface area contributed by atoms with Crippen molar-refractivity contribution in [3.63, 3.8) is 0 Å². The van der Waals surface area contributed by atoms with Crippen LogP contribution in [0.5, 0.6) is 0 Å². The van der Waals surface area contributed by atoms with E-state index in [1.807, 2.05) is 55.4 Å². The van der Waals surface area contributed by atoms with E-state index in [1.165, 1.54) is 0 Å². The number of benzene rings is 3. The predicted octanol–water partition coefficient (Wildman–Crippen LogP) is 4.39. The lowest BCUT2D eigenvalue weighted by atomic mass is 10.2. The van der Waals surface area contributed by atoms with Gasteiger partial charge >= 0.3 is 0 Å². The Morgan fingerprint density at radius 2 is 1.61 bits per heavy atom. The first-order chi connectivity index (χ1) is 13.5. The summed E-state index contributed by atoms with van der Waals surface area (Å²) in [5.74, 6) is -0.206. The van der Waals surface area contributed by atoms with Gasteiger partial charge in [0, 0.05) is 36.1 Å². The van der Waals surface area contributed by atoms with Crippen LogP contribution < -0.4 is 10.2 Å². The summed E-state index contributed by atoms with van der Waals surface area (Å²) in [5, 5.41) is 12.5. The molecular weight excluding hydrogens is 374 g/mol. The topological polar surface area (TPSA) is 63.1 Å². The molecule has 1 N–H and O–H groups in total. The lowest BCUT2D eigenvalue weighted by molar-refractivity contribution is 0.102. The quantitative estimate of drug-likeness (QED) is 0.560. The molecule has 7 heteroatoms. The van der Waals surface area contributed by atoms with Gasteiger partial charge in [-0.2, -0.15) is 4.80 Å². The molecule has 0 aliphatic carbocycles. The molecule has 0 atom stereocenters. The van der Waals surface area contributed by atoms with Gasteiger partial charge < -0.3 is 10.2 Å². The van der Waals surface area contributed by atoms with Gasteiger partial charge in [0.15, 0.2) is 0 Å². The number of nitrogens with zero attached hydrogens (tertiary/aromatic N) is 4. The van der Waals surface area contributed by atoms with Gasteiger partial charge in [-0.25, -0.2) is 0 Å². The molecule has 0 radical (unpaired) electrons. The largest absolute Gasteiger partial charge is 0.378 e. The first kappa shape index (κ1) is 18.0. The summed E-state index contributed by atoms with van der Waals surface area (Å²) >= 11 is 5.87. The van der Waals surface area contributed by atoms with Crippen LogP contribution in [0.1, 0.15) is 10.4 Å². The molecule has 3 aromatic carbocycles. The Morgan fingerprint density at radius 3 is 2.29 bits per heavy atom. The molecule has 140 valence electrons. The number of amides is 1. The van der Waals surface area contributed by atoms with Gasteiger partial charge in [-0.15, -0.1) is 10.2 Å². The zero-order valence-corrected chi connectivity index (χ0v) is 16.2. The first-order valence-electron chi connectivity index (χ1n) is 8.71. The molecule has 0 unspecified atom stereocenters. The Labute approximate surface area is 167 Å². The highest BCUT2D eigenvalue weighted by Gasteiger charge is 2.09. The van der Waals surface area contributed by atoms with Crippen LogP contribution in [0, 0.1) is 0 Å². The van der Waals surface area contributed by atoms with Crippen LogP contribution in [-0.2, 0) is 0 Å². The van der Waals surface area contributed by atoms with Gasteiger partial charge in [-0.3, -0.25) is 4.79 Å². The van der Waals surface area contributed by atoms with Crippen LogP contribution >= 0.6 is 11.6 Å². The zero-order chi connectivity index (χ0) is 19.7. The maximum Gasteiger partial charge on any atom is 0.255 e. The molecule has 0 saturated heterocycles. The van der Waals surface area contributed by atoms with Crippen molar-refractivity contribution in [1.29, 1.82) is 0 Å². The van der Waals surface area contributed by atoms with E-state index in [0.29, 0.717) is 21.8 Å². The lowest BCUT2D eigenvalue weighted by Crippen LogP contribution is -2.11. The van der Waals surface area contributed by atoms with Crippen LogP contribution in [-0.4, -0.2) is 35.0 Å². The van der Waals surface area contributed by atoms with Gasteiger partial charge in [0.1, 0.15) is 11.0 Å². The number of halogens is 1. The van der Waals surface area contributed by atoms with Crippen molar-refractivity contribution in [2.24, 2.45) is 0 Å². The van der Waals surface area contributed by atoms with Crippen LogP contribution in [0.2, 0.25) is 5.02 Å². The molecule has 0 fully saturated rings. The van der Waals surface area contributed by atoms with E-state index in [1.54, 1.807) is 35.1 Å². The molecule has 0 aliphatic heterocycles. The normalized spacial score (nSPS) is 10.8. The van der Waals surface area contributed by atoms with Gasteiger partial charge in [-0.05, 0) is 66.7 Å². The Hall–Kier alpha value is -3.38. The molecule has 4 aromatic rings. The number of hydrogen-bond donors (Lipinski definition) is 1. The van der Waals surface area contributed by atoms with Crippen LogP contribution in [0.15, 0.2) is 66.7 Å². The third-order valence-corrected chi connectivity index (χ3v) is 4.59. The van der Waals surface area contributed by atoms with Crippen LogP contribution in [0.25, 0.3) is 16.7 Å². The summed E-state index contributed by atoms with van der Waals surface area (Å²) in [5.41, 5.74) is 4.62. The lowest BCUT2D eigenvalue weighted by Gasteiger charge is -2.12. The highest BCUT2D eigenvalue weighted by Crippen LogP contribution is 2.20. The Kier molecular flexibility index (Phi) is 4.71. The molecule has 6 nitrogen and oxygen atoms in total. The number of hydrogen-bond acceptors (Lipinski definition) is 4. The number of rotatable bonds is 4. The Balaban J connectivity index is 1.57. The standard InChI is InChI=1S/C21H18ClN5O/c1-26(2)17-8-10-18(11-9-17)27-24-19-12-7-16(13-20(19)25-27)23-21(28)14-3-5-15(22)6-4-14/h3-13H,1-2H3,(H,23,28). The smallest absolute Gasteiger partial charge is 0.255 e. The van der Waals surface area contributed by atoms with Crippen molar-refractivity contribution in [2.45, 2.75) is 0 Å². The summed E-state index contributed by atoms with van der Waals surface area (Å²) in [6.07, 6.45) is 0. The van der Waals surface area contributed by atoms with Crippen LogP contribution in [0.4, 0.5) is 11.4 Å². The minimum Gasteiger partial charge on any atom is -0.378 e. The summed E-state index contributed by atoms with van der Waals surface area (Å²) in [7, 11) is 3.99. The van der Waals surface area contributed by atoms with E-state index in [4.69, 9.17) is 11.6 Å². The van der Waals surface area contributed by atoms with E-state index in [0.717, 1.165) is 16.9 Å². The fourth-order valence-corrected chi connectivity index (χ4v) is 2.92.